The Kier molecular flexibility index (Phi) is 7.27. The van der Waals surface area contributed by atoms with E-state index in [0.29, 0.717) is 6.54 Å². The molecule has 2 aromatic carbocycles. The van der Waals surface area contributed by atoms with E-state index in [4.69, 9.17) is 0 Å². The summed E-state index contributed by atoms with van der Waals surface area (Å²) in [6.07, 6.45) is 3.28. The number of carbonyl (C=O) groups excluding carboxylic acids is 1. The quantitative estimate of drug-likeness (QED) is 0.523. The van der Waals surface area contributed by atoms with Crippen LogP contribution in [0.5, 0.6) is 0 Å². The van der Waals surface area contributed by atoms with Crippen LogP contribution in [0.4, 0.5) is 5.69 Å². The molecule has 4 rings (SSSR count). The van der Waals surface area contributed by atoms with Gasteiger partial charge in [-0.3, -0.25) is 14.3 Å². The fourth-order valence-corrected chi connectivity index (χ4v) is 4.32. The molecule has 1 N–H and O–H groups in total. The zero-order chi connectivity index (χ0) is 24.1. The molecule has 2 heterocycles. The monoisotopic (exact) mass is 460 g/mol. The van der Waals surface area contributed by atoms with Crippen molar-refractivity contribution in [2.45, 2.75) is 25.9 Å². The number of hydrogen-bond acceptors (Lipinski definition) is 5. The summed E-state index contributed by atoms with van der Waals surface area (Å²) in [6, 6.07) is 17.6. The minimum Gasteiger partial charge on any atom is -0.369 e. The number of hydrogen-bond donors (Lipinski definition) is 1. The Morgan fingerprint density at radius 1 is 1.03 bits per heavy atom. The lowest BCUT2D eigenvalue weighted by Crippen LogP contribution is -2.51. The molecule has 0 spiro atoms. The summed E-state index contributed by atoms with van der Waals surface area (Å²) in [5, 5.41) is 7.21. The third-order valence-corrected chi connectivity index (χ3v) is 6.17. The van der Waals surface area contributed by atoms with Gasteiger partial charge in [-0.2, -0.15) is 9.78 Å². The zero-order valence-electron chi connectivity index (χ0n) is 19.8. The fourth-order valence-electron chi connectivity index (χ4n) is 4.32. The van der Waals surface area contributed by atoms with E-state index >= 15 is 0 Å². The summed E-state index contributed by atoms with van der Waals surface area (Å²) in [6.45, 7) is 11.2. The molecule has 1 atom stereocenters. The predicted molar refractivity (Wildman–Crippen MR) is 134 cm³/mol. The van der Waals surface area contributed by atoms with Crippen LogP contribution in [0.25, 0.3) is 5.69 Å². The van der Waals surface area contributed by atoms with Crippen LogP contribution in [0.15, 0.2) is 78.4 Å². The SMILES string of the molecule is C=CCNC(=O)C(c1ccccc1)N1CCN(c2ccc(-n3ncn(C(C)C)c3=O)cc2)CC1. The highest BCUT2D eigenvalue weighted by atomic mass is 16.2. The van der Waals surface area contributed by atoms with Crippen LogP contribution in [0.3, 0.4) is 0 Å². The van der Waals surface area contributed by atoms with E-state index in [-0.39, 0.29) is 23.7 Å². The second-order valence-electron chi connectivity index (χ2n) is 8.71. The smallest absolute Gasteiger partial charge is 0.350 e. The van der Waals surface area contributed by atoms with E-state index in [1.165, 1.54) is 4.68 Å². The summed E-state index contributed by atoms with van der Waals surface area (Å²) in [5.74, 6) is -0.00446. The van der Waals surface area contributed by atoms with Gasteiger partial charge in [-0.25, -0.2) is 4.79 Å². The second kappa shape index (κ2) is 10.5. The van der Waals surface area contributed by atoms with Gasteiger partial charge in [0.25, 0.3) is 0 Å². The summed E-state index contributed by atoms with van der Waals surface area (Å²) in [4.78, 5) is 30.0. The molecule has 8 heteroatoms. The summed E-state index contributed by atoms with van der Waals surface area (Å²) >= 11 is 0. The molecule has 178 valence electrons. The van der Waals surface area contributed by atoms with Crippen molar-refractivity contribution in [3.63, 3.8) is 0 Å². The summed E-state index contributed by atoms with van der Waals surface area (Å²) in [5.41, 5.74) is 2.69. The van der Waals surface area contributed by atoms with Crippen molar-refractivity contribution < 1.29 is 4.79 Å². The molecule has 0 aliphatic carbocycles. The van der Waals surface area contributed by atoms with Gasteiger partial charge < -0.3 is 10.2 Å². The number of nitrogens with one attached hydrogen (secondary N) is 1. The average molecular weight is 461 g/mol. The Balaban J connectivity index is 1.45. The maximum Gasteiger partial charge on any atom is 0.350 e. The fraction of sp³-hybridized carbons (Fsp3) is 0.346. The van der Waals surface area contributed by atoms with Crippen LogP contribution in [0.2, 0.25) is 0 Å². The maximum absolute atomic E-state index is 12.9. The lowest BCUT2D eigenvalue weighted by atomic mass is 10.0. The number of carbonyl (C=O) groups is 1. The Morgan fingerprint density at radius 2 is 1.68 bits per heavy atom. The highest BCUT2D eigenvalue weighted by molar-refractivity contribution is 5.83. The van der Waals surface area contributed by atoms with Gasteiger partial charge in [0, 0.05) is 44.5 Å². The first-order valence-electron chi connectivity index (χ1n) is 11.7. The number of anilines is 1. The first-order valence-corrected chi connectivity index (χ1v) is 11.7. The molecule has 1 aromatic heterocycles. The van der Waals surface area contributed by atoms with Gasteiger partial charge in [-0.05, 0) is 43.7 Å². The van der Waals surface area contributed by atoms with Crippen LogP contribution >= 0.6 is 0 Å². The normalized spacial score (nSPS) is 15.3. The molecule has 0 saturated carbocycles. The molecule has 8 nitrogen and oxygen atoms in total. The Hall–Kier alpha value is -3.65. The lowest BCUT2D eigenvalue weighted by molar-refractivity contribution is -0.126. The van der Waals surface area contributed by atoms with Crippen LogP contribution in [0, 0.1) is 0 Å². The topological polar surface area (TPSA) is 75.4 Å². The summed E-state index contributed by atoms with van der Waals surface area (Å²) in [7, 11) is 0. The van der Waals surface area contributed by atoms with Crippen molar-refractivity contribution in [2.75, 3.05) is 37.6 Å². The van der Waals surface area contributed by atoms with Crippen LogP contribution in [-0.4, -0.2) is 57.9 Å². The van der Waals surface area contributed by atoms with Crippen molar-refractivity contribution >= 4 is 11.6 Å². The highest BCUT2D eigenvalue weighted by Gasteiger charge is 2.30. The third-order valence-electron chi connectivity index (χ3n) is 6.17. The van der Waals surface area contributed by atoms with Crippen molar-refractivity contribution in [2.24, 2.45) is 0 Å². The molecule has 34 heavy (non-hydrogen) atoms. The largest absolute Gasteiger partial charge is 0.369 e. The number of nitrogens with zero attached hydrogens (tertiary/aromatic N) is 5. The van der Waals surface area contributed by atoms with Crippen LogP contribution < -0.4 is 15.9 Å². The molecule has 3 aromatic rings. The number of piperazine rings is 1. The van der Waals surface area contributed by atoms with Gasteiger partial charge in [0.05, 0.1) is 5.69 Å². The molecule has 1 aliphatic heterocycles. The molecule has 0 radical (unpaired) electrons. The van der Waals surface area contributed by atoms with Gasteiger partial charge in [0.15, 0.2) is 0 Å². The molecule has 1 aliphatic rings. The molecule has 1 saturated heterocycles. The first-order chi connectivity index (χ1) is 16.5. The van der Waals surface area contributed by atoms with Crippen LogP contribution in [-0.2, 0) is 4.79 Å². The number of amides is 1. The molecule has 0 bridgehead atoms. The highest BCUT2D eigenvalue weighted by Crippen LogP contribution is 2.25. The molecule has 1 unspecified atom stereocenters. The minimum absolute atomic E-state index is 0.00446. The number of aromatic nitrogens is 3. The van der Waals surface area contributed by atoms with Crippen molar-refractivity contribution in [3.8, 4) is 5.69 Å². The minimum atomic E-state index is -0.325. The first kappa shape index (κ1) is 23.5. The van der Waals surface area contributed by atoms with E-state index in [1.807, 2.05) is 68.4 Å². The zero-order valence-corrected chi connectivity index (χ0v) is 19.8. The van der Waals surface area contributed by atoms with Crippen molar-refractivity contribution in [1.29, 1.82) is 0 Å². The van der Waals surface area contributed by atoms with E-state index in [1.54, 1.807) is 17.0 Å². The second-order valence-corrected chi connectivity index (χ2v) is 8.71. The lowest BCUT2D eigenvalue weighted by Gasteiger charge is -2.39. The Morgan fingerprint density at radius 3 is 2.26 bits per heavy atom. The predicted octanol–water partition coefficient (Wildman–Crippen LogP) is 2.78. The van der Waals surface area contributed by atoms with E-state index < -0.39 is 0 Å². The molecular formula is C26H32N6O2. The van der Waals surface area contributed by atoms with Gasteiger partial charge in [-0.1, -0.05) is 36.4 Å². The Labute approximate surface area is 200 Å². The summed E-state index contributed by atoms with van der Waals surface area (Å²) < 4.78 is 3.04. The van der Waals surface area contributed by atoms with E-state index in [9.17, 15) is 9.59 Å². The Bertz CT molecular complexity index is 1160. The van der Waals surface area contributed by atoms with Gasteiger partial charge in [-0.15, -0.1) is 6.58 Å². The standard InChI is InChI=1S/C26H32N6O2/c1-4-14-27-25(33)24(21-8-6-5-7-9-21)30-17-15-29(16-18-30)22-10-12-23(13-11-22)32-26(34)31(19-28-32)20(2)3/h4-13,19-20,24H,1,14-18H2,2-3H3,(H,27,33). The van der Waals surface area contributed by atoms with Crippen molar-refractivity contribution in [3.05, 3.63) is 89.6 Å². The molecule has 1 fully saturated rings. The third kappa shape index (κ3) is 4.97. The van der Waals surface area contributed by atoms with Gasteiger partial charge >= 0.3 is 5.69 Å². The van der Waals surface area contributed by atoms with E-state index in [2.05, 4.69) is 26.8 Å². The van der Waals surface area contributed by atoms with Gasteiger partial charge in [0.2, 0.25) is 5.91 Å². The maximum atomic E-state index is 12.9. The van der Waals surface area contributed by atoms with Crippen molar-refractivity contribution in [1.82, 2.24) is 24.6 Å². The molecule has 1 amide bonds. The van der Waals surface area contributed by atoms with Crippen LogP contribution in [0.1, 0.15) is 31.5 Å². The number of rotatable bonds is 8. The average Bonchev–Trinajstić information content (AvgIpc) is 3.25. The van der Waals surface area contributed by atoms with Gasteiger partial charge in [0.1, 0.15) is 12.4 Å². The van der Waals surface area contributed by atoms with E-state index in [0.717, 1.165) is 43.1 Å². The molecular weight excluding hydrogens is 428 g/mol. The number of benzene rings is 2.